The molecule has 0 amide bonds. The van der Waals surface area contributed by atoms with Crippen molar-refractivity contribution in [3.8, 4) is 0 Å². The van der Waals surface area contributed by atoms with Gasteiger partial charge in [0.05, 0.1) is 0 Å². The summed E-state index contributed by atoms with van der Waals surface area (Å²) >= 11 is 3.19. The van der Waals surface area contributed by atoms with Gasteiger partial charge in [0.1, 0.15) is 5.54 Å². The number of aliphatic carboxylic acids is 1. The molecule has 0 aromatic carbocycles. The van der Waals surface area contributed by atoms with Crippen molar-refractivity contribution in [1.29, 1.82) is 0 Å². The fraction of sp³-hybridized carbons (Fsp3) is 0.333. The van der Waals surface area contributed by atoms with E-state index < -0.39 is 11.5 Å². The average molecular weight is 260 g/mol. The summed E-state index contributed by atoms with van der Waals surface area (Å²) in [6, 6.07) is 2.91. The molecule has 0 atom stereocenters. The Hall–Kier alpha value is -1.10. The molecule has 1 aromatic rings. The average Bonchev–Trinajstić information content (AvgIpc) is 2.08. The van der Waals surface area contributed by atoms with Crippen molar-refractivity contribution < 1.29 is 9.90 Å². The highest BCUT2D eigenvalue weighted by molar-refractivity contribution is 9.10. The topological polar surface area (TPSA) is 59.3 Å². The number of aromatic nitrogens is 1. The first-order valence-electron chi connectivity index (χ1n) is 3.98. The van der Waals surface area contributed by atoms with Crippen molar-refractivity contribution in [1.82, 2.24) is 4.57 Å². The van der Waals surface area contributed by atoms with Gasteiger partial charge in [0.2, 0.25) is 0 Å². The molecule has 0 bridgehead atoms. The van der Waals surface area contributed by atoms with Crippen LogP contribution in [0, 0.1) is 0 Å². The van der Waals surface area contributed by atoms with Crippen LogP contribution in [0.1, 0.15) is 13.8 Å². The molecule has 76 valence electrons. The highest BCUT2D eigenvalue weighted by atomic mass is 79.9. The van der Waals surface area contributed by atoms with E-state index in [0.29, 0.717) is 4.47 Å². The molecule has 0 unspecified atom stereocenters. The summed E-state index contributed by atoms with van der Waals surface area (Å²) in [5.74, 6) is -1.04. The highest BCUT2D eigenvalue weighted by Crippen LogP contribution is 2.15. The second kappa shape index (κ2) is 3.57. The molecule has 1 aromatic heterocycles. The van der Waals surface area contributed by atoms with E-state index in [0.717, 1.165) is 0 Å². The Morgan fingerprint density at radius 3 is 2.57 bits per heavy atom. The largest absolute Gasteiger partial charge is 0.480 e. The summed E-state index contributed by atoms with van der Waals surface area (Å²) in [5, 5.41) is 8.93. The molecule has 1 rings (SSSR count). The molecule has 0 aliphatic heterocycles. The van der Waals surface area contributed by atoms with Gasteiger partial charge in [-0.3, -0.25) is 9.36 Å². The van der Waals surface area contributed by atoms with Gasteiger partial charge < -0.3 is 5.11 Å². The predicted octanol–water partition coefficient (Wildman–Crippen LogP) is 1.43. The SMILES string of the molecule is CC(C)(C(=O)O)n1cc(Br)ccc1=O. The Morgan fingerprint density at radius 1 is 1.50 bits per heavy atom. The quantitative estimate of drug-likeness (QED) is 0.875. The first-order valence-corrected chi connectivity index (χ1v) is 4.77. The van der Waals surface area contributed by atoms with E-state index in [1.165, 1.54) is 30.7 Å². The number of halogens is 1. The molecule has 0 radical (unpaired) electrons. The van der Waals surface area contributed by atoms with Gasteiger partial charge in [-0.05, 0) is 35.8 Å². The lowest BCUT2D eigenvalue weighted by Crippen LogP contribution is -2.42. The van der Waals surface area contributed by atoms with Crippen molar-refractivity contribution in [2.45, 2.75) is 19.4 Å². The van der Waals surface area contributed by atoms with E-state index in [4.69, 9.17) is 5.11 Å². The van der Waals surface area contributed by atoms with Crippen LogP contribution in [0.25, 0.3) is 0 Å². The van der Waals surface area contributed by atoms with E-state index in [-0.39, 0.29) is 5.56 Å². The number of carbonyl (C=O) groups is 1. The maximum Gasteiger partial charge on any atom is 0.329 e. The fourth-order valence-corrected chi connectivity index (χ4v) is 1.34. The molecule has 0 aliphatic carbocycles. The molecule has 1 heterocycles. The summed E-state index contributed by atoms with van der Waals surface area (Å²) in [5.41, 5.74) is -1.57. The van der Waals surface area contributed by atoms with Crippen LogP contribution in [0.2, 0.25) is 0 Å². The number of carboxylic acids is 1. The lowest BCUT2D eigenvalue weighted by molar-refractivity contribution is -0.145. The van der Waals surface area contributed by atoms with Crippen molar-refractivity contribution in [2.24, 2.45) is 0 Å². The smallest absolute Gasteiger partial charge is 0.329 e. The van der Waals surface area contributed by atoms with Crippen molar-refractivity contribution in [3.63, 3.8) is 0 Å². The molecule has 0 saturated carbocycles. The Kier molecular flexibility index (Phi) is 2.80. The molecule has 0 spiro atoms. The second-order valence-electron chi connectivity index (χ2n) is 3.42. The van der Waals surface area contributed by atoms with E-state index in [1.54, 1.807) is 6.07 Å². The monoisotopic (exact) mass is 259 g/mol. The van der Waals surface area contributed by atoms with Gasteiger partial charge in [-0.25, -0.2) is 4.79 Å². The zero-order valence-electron chi connectivity index (χ0n) is 7.82. The highest BCUT2D eigenvalue weighted by Gasteiger charge is 2.29. The van der Waals surface area contributed by atoms with Crippen LogP contribution in [-0.4, -0.2) is 15.6 Å². The molecular formula is C9H10BrNO3. The molecule has 14 heavy (non-hydrogen) atoms. The molecule has 0 fully saturated rings. The number of carboxylic acid groups (broad SMARTS) is 1. The van der Waals surface area contributed by atoms with Crippen LogP contribution in [0.3, 0.4) is 0 Å². The van der Waals surface area contributed by atoms with Gasteiger partial charge in [0, 0.05) is 16.7 Å². The minimum atomic E-state index is -1.24. The number of hydrogen-bond acceptors (Lipinski definition) is 2. The Labute approximate surface area is 89.3 Å². The van der Waals surface area contributed by atoms with Gasteiger partial charge in [-0.1, -0.05) is 0 Å². The Morgan fingerprint density at radius 2 is 2.07 bits per heavy atom. The van der Waals surface area contributed by atoms with Crippen molar-refractivity contribution >= 4 is 21.9 Å². The van der Waals surface area contributed by atoms with E-state index in [9.17, 15) is 9.59 Å². The summed E-state index contributed by atoms with van der Waals surface area (Å²) in [6.45, 7) is 2.95. The van der Waals surface area contributed by atoms with E-state index in [1.807, 2.05) is 0 Å². The maximum atomic E-state index is 11.4. The van der Waals surface area contributed by atoms with Crippen LogP contribution in [0.15, 0.2) is 27.6 Å². The fourth-order valence-electron chi connectivity index (χ4n) is 1.00. The van der Waals surface area contributed by atoms with Crippen LogP contribution in [0.5, 0.6) is 0 Å². The van der Waals surface area contributed by atoms with Crippen LogP contribution < -0.4 is 5.56 Å². The molecule has 0 aliphatic rings. The standard InChI is InChI=1S/C9H10BrNO3/c1-9(2,8(13)14)11-5-6(10)3-4-7(11)12/h3-5H,1-2H3,(H,13,14). The summed E-state index contributed by atoms with van der Waals surface area (Å²) in [7, 11) is 0. The number of pyridine rings is 1. The van der Waals surface area contributed by atoms with Crippen LogP contribution in [-0.2, 0) is 10.3 Å². The van der Waals surface area contributed by atoms with E-state index in [2.05, 4.69) is 15.9 Å². The second-order valence-corrected chi connectivity index (χ2v) is 4.34. The third-order valence-electron chi connectivity index (χ3n) is 2.00. The Balaban J connectivity index is 3.39. The van der Waals surface area contributed by atoms with Crippen molar-refractivity contribution in [3.05, 3.63) is 33.2 Å². The minimum absolute atomic E-state index is 0.333. The number of nitrogens with zero attached hydrogens (tertiary/aromatic N) is 1. The van der Waals surface area contributed by atoms with Gasteiger partial charge in [0.25, 0.3) is 5.56 Å². The molecule has 1 N–H and O–H groups in total. The first kappa shape index (κ1) is 11.0. The molecule has 4 nitrogen and oxygen atoms in total. The Bertz CT molecular complexity index is 422. The zero-order chi connectivity index (χ0) is 10.9. The van der Waals surface area contributed by atoms with Gasteiger partial charge >= 0.3 is 5.97 Å². The third kappa shape index (κ3) is 1.87. The predicted molar refractivity (Wildman–Crippen MR) is 55.4 cm³/mol. The van der Waals surface area contributed by atoms with Gasteiger partial charge in [0.15, 0.2) is 0 Å². The first-order chi connectivity index (χ1) is 6.35. The molecular weight excluding hydrogens is 250 g/mol. The zero-order valence-corrected chi connectivity index (χ0v) is 9.41. The summed E-state index contributed by atoms with van der Waals surface area (Å²) in [6.07, 6.45) is 1.47. The summed E-state index contributed by atoms with van der Waals surface area (Å²) < 4.78 is 1.85. The number of rotatable bonds is 2. The number of hydrogen-bond donors (Lipinski definition) is 1. The van der Waals surface area contributed by atoms with E-state index >= 15 is 0 Å². The third-order valence-corrected chi connectivity index (χ3v) is 2.47. The minimum Gasteiger partial charge on any atom is -0.480 e. The maximum absolute atomic E-state index is 11.4. The van der Waals surface area contributed by atoms with Gasteiger partial charge in [-0.2, -0.15) is 0 Å². The van der Waals surface area contributed by atoms with Crippen LogP contribution >= 0.6 is 15.9 Å². The molecule has 0 saturated heterocycles. The van der Waals surface area contributed by atoms with Crippen LogP contribution in [0.4, 0.5) is 0 Å². The normalized spacial score (nSPS) is 11.4. The molecule has 5 heteroatoms. The van der Waals surface area contributed by atoms with Crippen molar-refractivity contribution in [2.75, 3.05) is 0 Å². The summed E-state index contributed by atoms with van der Waals surface area (Å²) in [4.78, 5) is 22.3. The lowest BCUT2D eigenvalue weighted by Gasteiger charge is -2.22. The lowest BCUT2D eigenvalue weighted by atomic mass is 10.1. The van der Waals surface area contributed by atoms with Gasteiger partial charge in [-0.15, -0.1) is 0 Å².